The van der Waals surface area contributed by atoms with Gasteiger partial charge < -0.3 is 5.11 Å². The average Bonchev–Trinajstić information content (AvgIpc) is 3.37. The summed E-state index contributed by atoms with van der Waals surface area (Å²) < 4.78 is 0. The highest BCUT2D eigenvalue weighted by atomic mass is 16.6. The Bertz CT molecular complexity index is 1770. The number of anilines is 2. The summed E-state index contributed by atoms with van der Waals surface area (Å²) in [7, 11) is 0. The molecule has 2 aliphatic carbocycles. The van der Waals surface area contributed by atoms with E-state index in [0.29, 0.717) is 11.3 Å². The maximum atomic E-state index is 14.3. The van der Waals surface area contributed by atoms with Crippen LogP contribution in [-0.2, 0) is 19.2 Å². The molecule has 0 unspecified atom stereocenters. The predicted octanol–water partition coefficient (Wildman–Crippen LogP) is 4.74. The van der Waals surface area contributed by atoms with Crippen molar-refractivity contribution in [3.63, 3.8) is 0 Å². The fourth-order valence-corrected chi connectivity index (χ4v) is 7.91. The molecule has 7 rings (SSSR count). The normalized spacial score (nSPS) is 29.7. The lowest BCUT2D eigenvalue weighted by Crippen LogP contribution is -2.48. The van der Waals surface area contributed by atoms with Crippen molar-refractivity contribution in [1.82, 2.24) is 0 Å². The maximum Gasteiger partial charge on any atom is 0.271 e. The van der Waals surface area contributed by atoms with Crippen molar-refractivity contribution in [2.75, 3.05) is 9.80 Å². The molecular weight excluding hydrogens is 550 g/mol. The second-order valence-corrected chi connectivity index (χ2v) is 11.8. The molecule has 3 aromatic carbocycles. The van der Waals surface area contributed by atoms with E-state index in [1.54, 1.807) is 55.5 Å². The molecule has 10 heteroatoms. The summed E-state index contributed by atoms with van der Waals surface area (Å²) in [5.41, 5.74) is 0.304. The number of benzene rings is 3. The van der Waals surface area contributed by atoms with Crippen molar-refractivity contribution in [1.29, 1.82) is 0 Å². The molecule has 3 aromatic rings. The molecule has 4 amide bonds. The number of nitrogens with zero attached hydrogens (tertiary/aromatic N) is 3. The Kier molecular flexibility index (Phi) is 5.88. The number of phenolic OH excluding ortho intramolecular Hbond substituents is 1. The largest absolute Gasteiger partial charge is 0.508 e. The number of carbonyl (C=O) groups is 4. The fourth-order valence-electron chi connectivity index (χ4n) is 7.91. The zero-order valence-electron chi connectivity index (χ0n) is 23.1. The van der Waals surface area contributed by atoms with Gasteiger partial charge in [0.05, 0.1) is 39.5 Å². The summed E-state index contributed by atoms with van der Waals surface area (Å²) in [5, 5.41) is 22.5. The highest BCUT2D eigenvalue weighted by Gasteiger charge is 2.68. The number of rotatable bonds is 4. The highest BCUT2D eigenvalue weighted by Crippen LogP contribution is 2.64. The molecule has 0 spiro atoms. The van der Waals surface area contributed by atoms with E-state index in [1.807, 2.05) is 6.08 Å². The summed E-state index contributed by atoms with van der Waals surface area (Å²) in [6.07, 6.45) is 2.29. The van der Waals surface area contributed by atoms with Gasteiger partial charge in [-0.05, 0) is 49.9 Å². The number of hydrogen-bond donors (Lipinski definition) is 1. The second kappa shape index (κ2) is 9.45. The van der Waals surface area contributed by atoms with Gasteiger partial charge >= 0.3 is 0 Å². The number of aromatic hydroxyl groups is 1. The Morgan fingerprint density at radius 2 is 1.53 bits per heavy atom. The molecule has 10 nitrogen and oxygen atoms in total. The van der Waals surface area contributed by atoms with Gasteiger partial charge in [0.15, 0.2) is 0 Å². The molecule has 6 atom stereocenters. The van der Waals surface area contributed by atoms with Gasteiger partial charge in [-0.15, -0.1) is 0 Å². The first kappa shape index (κ1) is 26.8. The van der Waals surface area contributed by atoms with Crippen molar-refractivity contribution in [2.24, 2.45) is 29.1 Å². The van der Waals surface area contributed by atoms with Crippen LogP contribution < -0.4 is 9.80 Å². The number of imide groups is 2. The Hall–Kier alpha value is -5.12. The molecular formula is C33H27N3O7. The number of carbonyl (C=O) groups excluding carboxylic acids is 4. The standard InChI is InChI=1S/C33H27N3O7/c1-33-25(30(39)35(32(33)41)18-8-3-2-4-9-18)17-24-21(28(33)22-12-5-6-13-26(22)37)14-15-23-27(24)31(40)34(29(23)38)19-10-7-11-20(16-19)36(42)43/h2-14,16,23-25,27-28,37H,15,17H2,1H3/t23-,24+,25-,27-,28+,33+/m0/s1. The first-order chi connectivity index (χ1) is 20.6. The van der Waals surface area contributed by atoms with Gasteiger partial charge in [0, 0.05) is 23.6 Å². The Balaban J connectivity index is 1.36. The molecule has 43 heavy (non-hydrogen) atoms. The van der Waals surface area contributed by atoms with E-state index in [-0.39, 0.29) is 41.8 Å². The third-order valence-corrected chi connectivity index (χ3v) is 9.84. The number of amides is 4. The summed E-state index contributed by atoms with van der Waals surface area (Å²) in [6, 6.07) is 20.8. The quantitative estimate of drug-likeness (QED) is 0.205. The summed E-state index contributed by atoms with van der Waals surface area (Å²) in [4.78, 5) is 69.3. The van der Waals surface area contributed by atoms with E-state index in [0.717, 1.165) is 10.5 Å². The highest BCUT2D eigenvalue weighted by molar-refractivity contribution is 6.25. The maximum absolute atomic E-state index is 14.3. The smallest absolute Gasteiger partial charge is 0.271 e. The number of nitro benzene ring substituents is 1. The molecule has 2 heterocycles. The van der Waals surface area contributed by atoms with Gasteiger partial charge in [0.25, 0.3) is 5.69 Å². The number of para-hydroxylation sites is 2. The molecule has 0 radical (unpaired) electrons. The van der Waals surface area contributed by atoms with Crippen LogP contribution in [0.1, 0.15) is 31.2 Å². The lowest BCUT2D eigenvalue weighted by molar-refractivity contribution is -0.384. The van der Waals surface area contributed by atoms with Gasteiger partial charge in [0.1, 0.15) is 5.75 Å². The van der Waals surface area contributed by atoms with Crippen LogP contribution in [-0.4, -0.2) is 33.7 Å². The van der Waals surface area contributed by atoms with Gasteiger partial charge in [-0.2, -0.15) is 0 Å². The van der Waals surface area contributed by atoms with Gasteiger partial charge in [-0.25, -0.2) is 9.80 Å². The predicted molar refractivity (Wildman–Crippen MR) is 155 cm³/mol. The lowest BCUT2D eigenvalue weighted by atomic mass is 9.51. The van der Waals surface area contributed by atoms with Gasteiger partial charge in [-0.1, -0.05) is 54.1 Å². The minimum Gasteiger partial charge on any atom is -0.508 e. The second-order valence-electron chi connectivity index (χ2n) is 11.8. The van der Waals surface area contributed by atoms with Crippen molar-refractivity contribution in [2.45, 2.75) is 25.7 Å². The first-order valence-corrected chi connectivity index (χ1v) is 14.2. The SMILES string of the molecule is C[C@@]12C(=O)N(c3ccccc3)C(=O)[C@@H]1C[C@@H]1C(=CC[C@@H]3C(=O)N(c4cccc([N+](=O)[O-])c4)C(=O)[C@@H]31)[C@@H]2c1ccccc1O. The molecule has 0 bridgehead atoms. The Morgan fingerprint density at radius 3 is 2.26 bits per heavy atom. The fraction of sp³-hybridized carbons (Fsp3) is 0.273. The number of phenols is 1. The van der Waals surface area contributed by atoms with E-state index in [2.05, 4.69) is 0 Å². The van der Waals surface area contributed by atoms with Crippen molar-refractivity contribution in [3.05, 3.63) is 106 Å². The van der Waals surface area contributed by atoms with E-state index >= 15 is 0 Å². The third-order valence-electron chi connectivity index (χ3n) is 9.84. The average molecular weight is 578 g/mol. The van der Waals surface area contributed by atoms with E-state index in [1.165, 1.54) is 35.2 Å². The van der Waals surface area contributed by atoms with Crippen molar-refractivity contribution < 1.29 is 29.2 Å². The lowest BCUT2D eigenvalue weighted by Gasteiger charge is -2.49. The zero-order chi connectivity index (χ0) is 30.2. The monoisotopic (exact) mass is 577 g/mol. The van der Waals surface area contributed by atoms with Gasteiger partial charge in [-0.3, -0.25) is 29.3 Å². The minimum atomic E-state index is -1.26. The van der Waals surface area contributed by atoms with Crippen LogP contribution in [0.5, 0.6) is 5.75 Å². The number of nitro groups is 1. The topological polar surface area (TPSA) is 138 Å². The van der Waals surface area contributed by atoms with Crippen LogP contribution in [0.3, 0.4) is 0 Å². The molecule has 2 aliphatic heterocycles. The van der Waals surface area contributed by atoms with Crippen LogP contribution in [0.15, 0.2) is 90.5 Å². The zero-order valence-corrected chi connectivity index (χ0v) is 23.1. The molecule has 4 aliphatic rings. The first-order valence-electron chi connectivity index (χ1n) is 14.2. The Morgan fingerprint density at radius 1 is 0.837 bits per heavy atom. The number of allylic oxidation sites excluding steroid dienone is 2. The molecule has 0 aromatic heterocycles. The van der Waals surface area contributed by atoms with Crippen molar-refractivity contribution in [3.8, 4) is 5.75 Å². The molecule has 1 N–H and O–H groups in total. The number of hydrogen-bond acceptors (Lipinski definition) is 7. The summed E-state index contributed by atoms with van der Waals surface area (Å²) >= 11 is 0. The van der Waals surface area contributed by atoms with Crippen LogP contribution >= 0.6 is 0 Å². The van der Waals surface area contributed by atoms with Crippen molar-refractivity contribution >= 4 is 40.7 Å². The third kappa shape index (κ3) is 3.65. The van der Waals surface area contributed by atoms with E-state index < -0.39 is 51.7 Å². The van der Waals surface area contributed by atoms with E-state index in [9.17, 15) is 34.4 Å². The molecule has 3 fully saturated rings. The van der Waals surface area contributed by atoms with E-state index in [4.69, 9.17) is 0 Å². The van der Waals surface area contributed by atoms with Crippen LogP contribution in [0.2, 0.25) is 0 Å². The van der Waals surface area contributed by atoms with Crippen LogP contribution in [0, 0.1) is 39.2 Å². The summed E-state index contributed by atoms with van der Waals surface area (Å²) in [6.45, 7) is 1.76. The minimum absolute atomic E-state index is 0.0263. The Labute approximate surface area is 246 Å². The number of non-ortho nitro benzene ring substituents is 1. The summed E-state index contributed by atoms with van der Waals surface area (Å²) in [5.74, 6) is -5.36. The molecule has 2 saturated heterocycles. The van der Waals surface area contributed by atoms with Crippen LogP contribution in [0.25, 0.3) is 0 Å². The molecule has 216 valence electrons. The van der Waals surface area contributed by atoms with Crippen LogP contribution in [0.4, 0.5) is 17.1 Å². The number of fused-ring (bicyclic) bond motifs is 4. The molecule has 1 saturated carbocycles. The van der Waals surface area contributed by atoms with Gasteiger partial charge in [0.2, 0.25) is 23.6 Å².